The van der Waals surface area contributed by atoms with Crippen LogP contribution in [0.3, 0.4) is 0 Å². The Hall–Kier alpha value is -0.610. The van der Waals surface area contributed by atoms with Crippen molar-refractivity contribution in [3.63, 3.8) is 0 Å². The summed E-state index contributed by atoms with van der Waals surface area (Å²) in [5.41, 5.74) is -0.488. The molecule has 0 aromatic rings. The van der Waals surface area contributed by atoms with E-state index in [0.717, 1.165) is 12.8 Å². The smallest absolute Gasteiger partial charge is 0.325 e. The van der Waals surface area contributed by atoms with Crippen molar-refractivity contribution in [2.24, 2.45) is 0 Å². The zero-order valence-corrected chi connectivity index (χ0v) is 13.1. The molecule has 1 aliphatic heterocycles. The van der Waals surface area contributed by atoms with E-state index in [1.807, 2.05) is 6.92 Å². The normalized spacial score (nSPS) is 23.3. The first-order chi connectivity index (χ1) is 9.64. The molecule has 2 rings (SSSR count). The molecule has 0 amide bonds. The minimum absolute atomic E-state index is 0.109. The lowest BCUT2D eigenvalue weighted by Gasteiger charge is -2.29. The van der Waals surface area contributed by atoms with Crippen LogP contribution in [0.15, 0.2) is 0 Å². The maximum Gasteiger partial charge on any atom is 0.325 e. The minimum Gasteiger partial charge on any atom is -0.468 e. The van der Waals surface area contributed by atoms with Gasteiger partial charge in [-0.3, -0.25) is 10.1 Å². The van der Waals surface area contributed by atoms with Crippen LogP contribution in [0, 0.1) is 0 Å². The molecule has 2 fully saturated rings. The second-order valence-electron chi connectivity index (χ2n) is 6.60. The van der Waals surface area contributed by atoms with Gasteiger partial charge in [0.05, 0.1) is 7.11 Å². The lowest BCUT2D eigenvalue weighted by Crippen LogP contribution is -2.51. The third kappa shape index (κ3) is 4.74. The summed E-state index contributed by atoms with van der Waals surface area (Å²) in [4.78, 5) is 14.6. The molecule has 2 aliphatic rings. The highest BCUT2D eigenvalue weighted by Gasteiger charge is 2.38. The molecule has 4 nitrogen and oxygen atoms in total. The first-order valence-corrected chi connectivity index (χ1v) is 8.22. The summed E-state index contributed by atoms with van der Waals surface area (Å²) in [6, 6.07) is 0.529. The van der Waals surface area contributed by atoms with E-state index in [4.69, 9.17) is 4.74 Å². The van der Waals surface area contributed by atoms with Gasteiger partial charge in [-0.05, 0) is 71.5 Å². The van der Waals surface area contributed by atoms with Crippen molar-refractivity contribution in [2.45, 2.75) is 69.9 Å². The number of likely N-dealkylation sites (tertiary alicyclic amines) is 1. The molecule has 0 radical (unpaired) electrons. The molecule has 1 saturated heterocycles. The van der Waals surface area contributed by atoms with Crippen LogP contribution in [0.5, 0.6) is 0 Å². The highest BCUT2D eigenvalue weighted by molar-refractivity contribution is 5.80. The molecule has 0 spiro atoms. The second-order valence-corrected chi connectivity index (χ2v) is 6.60. The van der Waals surface area contributed by atoms with Gasteiger partial charge in [0.25, 0.3) is 0 Å². The maximum absolute atomic E-state index is 12.0. The van der Waals surface area contributed by atoms with Crippen molar-refractivity contribution in [3.05, 3.63) is 0 Å². The second kappa shape index (κ2) is 7.41. The van der Waals surface area contributed by atoms with Crippen LogP contribution in [0.1, 0.15) is 58.3 Å². The van der Waals surface area contributed by atoms with Gasteiger partial charge in [-0.2, -0.15) is 0 Å². The number of esters is 1. The molecule has 1 aliphatic carbocycles. The number of carbonyl (C=O) groups is 1. The van der Waals surface area contributed by atoms with Gasteiger partial charge < -0.3 is 9.64 Å². The summed E-state index contributed by atoms with van der Waals surface area (Å²) in [7, 11) is 1.49. The lowest BCUT2D eigenvalue weighted by molar-refractivity contribution is -0.148. The van der Waals surface area contributed by atoms with Crippen molar-refractivity contribution >= 4 is 5.97 Å². The van der Waals surface area contributed by atoms with E-state index >= 15 is 0 Å². The Morgan fingerprint density at radius 1 is 1.25 bits per heavy atom. The van der Waals surface area contributed by atoms with E-state index in [0.29, 0.717) is 6.04 Å². The van der Waals surface area contributed by atoms with Gasteiger partial charge in [0, 0.05) is 6.04 Å². The van der Waals surface area contributed by atoms with E-state index in [1.54, 1.807) is 0 Å². The first kappa shape index (κ1) is 15.8. The molecule has 116 valence electrons. The number of hydrogen-bond acceptors (Lipinski definition) is 4. The van der Waals surface area contributed by atoms with Crippen LogP contribution in [0.4, 0.5) is 0 Å². The van der Waals surface area contributed by atoms with Gasteiger partial charge in [0.1, 0.15) is 5.54 Å². The summed E-state index contributed by atoms with van der Waals surface area (Å²) >= 11 is 0. The Labute approximate surface area is 123 Å². The fourth-order valence-corrected chi connectivity index (χ4v) is 3.13. The van der Waals surface area contributed by atoms with Crippen molar-refractivity contribution < 1.29 is 9.53 Å². The Balaban J connectivity index is 1.69. The van der Waals surface area contributed by atoms with E-state index < -0.39 is 5.54 Å². The summed E-state index contributed by atoms with van der Waals surface area (Å²) in [6.07, 6.45) is 9.62. The van der Waals surface area contributed by atoms with Crippen LogP contribution in [-0.2, 0) is 9.53 Å². The maximum atomic E-state index is 12.0. The summed E-state index contributed by atoms with van der Waals surface area (Å²) in [5.74, 6) is -0.109. The van der Waals surface area contributed by atoms with Gasteiger partial charge in [0.2, 0.25) is 0 Å². The quantitative estimate of drug-likeness (QED) is 0.548. The van der Waals surface area contributed by atoms with Gasteiger partial charge in [-0.15, -0.1) is 0 Å². The SMILES string of the molecule is COC(=O)C(C)(CCCCN1CCCCC1)NC1CC1. The van der Waals surface area contributed by atoms with Gasteiger partial charge >= 0.3 is 5.97 Å². The Morgan fingerprint density at radius 3 is 2.55 bits per heavy atom. The fourth-order valence-electron chi connectivity index (χ4n) is 3.13. The summed E-state index contributed by atoms with van der Waals surface area (Å²) in [6.45, 7) is 5.70. The van der Waals surface area contributed by atoms with Crippen molar-refractivity contribution in [1.82, 2.24) is 10.2 Å². The third-order valence-corrected chi connectivity index (χ3v) is 4.59. The van der Waals surface area contributed by atoms with E-state index in [9.17, 15) is 4.79 Å². The van der Waals surface area contributed by atoms with E-state index in [-0.39, 0.29) is 5.97 Å². The number of rotatable bonds is 8. The molecule has 1 saturated carbocycles. The highest BCUT2D eigenvalue weighted by Crippen LogP contribution is 2.26. The number of methoxy groups -OCH3 is 1. The van der Waals surface area contributed by atoms with Gasteiger partial charge in [-0.1, -0.05) is 6.42 Å². The van der Waals surface area contributed by atoms with Crippen molar-refractivity contribution in [1.29, 1.82) is 0 Å². The van der Waals surface area contributed by atoms with Gasteiger partial charge in [0.15, 0.2) is 0 Å². The zero-order chi connectivity index (χ0) is 14.4. The van der Waals surface area contributed by atoms with Crippen molar-refractivity contribution in [2.75, 3.05) is 26.7 Å². The number of unbranched alkanes of at least 4 members (excludes halogenated alkanes) is 1. The average Bonchev–Trinajstić information content (AvgIpc) is 3.27. The number of nitrogens with one attached hydrogen (secondary N) is 1. The molecular formula is C16H30N2O2. The Bertz CT molecular complexity index is 312. The molecule has 0 bridgehead atoms. The number of piperidine rings is 1. The van der Waals surface area contributed by atoms with Crippen LogP contribution in [-0.4, -0.2) is 49.2 Å². The van der Waals surface area contributed by atoms with Crippen molar-refractivity contribution in [3.8, 4) is 0 Å². The largest absolute Gasteiger partial charge is 0.468 e. The topological polar surface area (TPSA) is 41.6 Å². The van der Waals surface area contributed by atoms with Gasteiger partial charge in [-0.25, -0.2) is 0 Å². The van der Waals surface area contributed by atoms with E-state index in [2.05, 4.69) is 10.2 Å². The monoisotopic (exact) mass is 282 g/mol. The zero-order valence-electron chi connectivity index (χ0n) is 13.1. The standard InChI is InChI=1S/C16H30N2O2/c1-16(15(19)20-2,17-14-8-9-14)10-4-7-13-18-11-5-3-6-12-18/h14,17H,3-13H2,1-2H3. The molecule has 0 aromatic carbocycles. The number of carbonyl (C=O) groups excluding carboxylic acids is 1. The molecule has 4 heteroatoms. The fraction of sp³-hybridized carbons (Fsp3) is 0.938. The summed E-state index contributed by atoms with van der Waals surface area (Å²) < 4.78 is 4.98. The lowest BCUT2D eigenvalue weighted by atomic mass is 9.94. The van der Waals surface area contributed by atoms with Crippen LogP contribution in [0.25, 0.3) is 0 Å². The first-order valence-electron chi connectivity index (χ1n) is 8.22. The summed E-state index contributed by atoms with van der Waals surface area (Å²) in [5, 5.41) is 3.47. The third-order valence-electron chi connectivity index (χ3n) is 4.59. The molecule has 1 unspecified atom stereocenters. The predicted molar refractivity (Wildman–Crippen MR) is 80.7 cm³/mol. The van der Waals surface area contributed by atoms with Crippen LogP contribution >= 0.6 is 0 Å². The van der Waals surface area contributed by atoms with Crippen LogP contribution < -0.4 is 5.32 Å². The molecule has 0 aromatic heterocycles. The number of nitrogens with zero attached hydrogens (tertiary/aromatic N) is 1. The highest BCUT2D eigenvalue weighted by atomic mass is 16.5. The average molecular weight is 282 g/mol. The molecule has 20 heavy (non-hydrogen) atoms. The Morgan fingerprint density at radius 2 is 1.95 bits per heavy atom. The molecular weight excluding hydrogens is 252 g/mol. The van der Waals surface area contributed by atoms with E-state index in [1.165, 1.54) is 65.3 Å². The Kier molecular flexibility index (Phi) is 5.85. The minimum atomic E-state index is -0.488. The molecule has 1 heterocycles. The number of hydrogen-bond donors (Lipinski definition) is 1. The molecule has 1 N–H and O–H groups in total. The molecule has 1 atom stereocenters. The van der Waals surface area contributed by atoms with Crippen LogP contribution in [0.2, 0.25) is 0 Å². The predicted octanol–water partition coefficient (Wildman–Crippen LogP) is 2.33. The number of ether oxygens (including phenoxy) is 1.